The molecule has 1 N–H and O–H groups in total. The summed E-state index contributed by atoms with van der Waals surface area (Å²) in [5.74, 6) is 0.645. The zero-order chi connectivity index (χ0) is 19.8. The highest BCUT2D eigenvalue weighted by atomic mass is 16.2. The molecule has 1 saturated carbocycles. The molecule has 2 aromatic carbocycles. The van der Waals surface area contributed by atoms with Gasteiger partial charge in [-0.1, -0.05) is 19.1 Å². The number of nitrogens with one attached hydrogen (secondary N) is 1. The molecule has 1 aliphatic carbocycles. The van der Waals surface area contributed by atoms with Gasteiger partial charge in [0, 0.05) is 50.0 Å². The minimum absolute atomic E-state index is 0.0109. The minimum Gasteiger partial charge on any atom is -0.378 e. The second-order valence-corrected chi connectivity index (χ2v) is 8.21. The van der Waals surface area contributed by atoms with Gasteiger partial charge in [-0.2, -0.15) is 0 Å². The molecule has 146 valence electrons. The van der Waals surface area contributed by atoms with Crippen LogP contribution < -0.4 is 10.2 Å². The summed E-state index contributed by atoms with van der Waals surface area (Å²) in [5.41, 5.74) is 4.98. The third-order valence-electron chi connectivity index (χ3n) is 5.83. The maximum absolute atomic E-state index is 13.1. The number of benzene rings is 2. The Morgan fingerprint density at radius 2 is 1.89 bits per heavy atom. The molecule has 2 aliphatic rings. The SMILES string of the molecule is C[C@@H]1C[C@H]1C(=O)Nc1cccc(C(=O)N2CCc3ccc(N(C)C)cc3C2)c1. The number of nitrogens with zero attached hydrogens (tertiary/aromatic N) is 2. The summed E-state index contributed by atoms with van der Waals surface area (Å²) < 4.78 is 0. The molecule has 5 heteroatoms. The summed E-state index contributed by atoms with van der Waals surface area (Å²) in [4.78, 5) is 29.2. The number of carbonyl (C=O) groups is 2. The number of anilines is 2. The summed E-state index contributed by atoms with van der Waals surface area (Å²) >= 11 is 0. The largest absolute Gasteiger partial charge is 0.378 e. The van der Waals surface area contributed by atoms with Crippen LogP contribution in [0.2, 0.25) is 0 Å². The first kappa shape index (κ1) is 18.5. The van der Waals surface area contributed by atoms with Crippen molar-refractivity contribution in [1.82, 2.24) is 4.90 Å². The number of amides is 2. The van der Waals surface area contributed by atoms with E-state index >= 15 is 0 Å². The zero-order valence-corrected chi connectivity index (χ0v) is 16.7. The van der Waals surface area contributed by atoms with E-state index in [-0.39, 0.29) is 17.7 Å². The summed E-state index contributed by atoms with van der Waals surface area (Å²) in [6.07, 6.45) is 1.82. The fourth-order valence-corrected chi connectivity index (χ4v) is 3.83. The molecule has 1 heterocycles. The molecular weight excluding hydrogens is 350 g/mol. The molecule has 4 rings (SSSR count). The van der Waals surface area contributed by atoms with Crippen molar-refractivity contribution >= 4 is 23.2 Å². The van der Waals surface area contributed by atoms with Crippen LogP contribution in [0.3, 0.4) is 0 Å². The van der Waals surface area contributed by atoms with Gasteiger partial charge < -0.3 is 15.1 Å². The standard InChI is InChI=1S/C23H27N3O2/c1-15-11-21(15)22(27)24-19-6-4-5-17(12-19)23(28)26-10-9-16-7-8-20(25(2)3)13-18(16)14-26/h4-8,12-13,15,21H,9-11,14H2,1-3H3,(H,24,27)/t15-,21-/m1/s1. The molecule has 1 fully saturated rings. The van der Waals surface area contributed by atoms with E-state index in [9.17, 15) is 9.59 Å². The van der Waals surface area contributed by atoms with Crippen LogP contribution >= 0.6 is 0 Å². The molecule has 0 bridgehead atoms. The van der Waals surface area contributed by atoms with Gasteiger partial charge in [0.25, 0.3) is 5.91 Å². The first-order chi connectivity index (χ1) is 13.4. The van der Waals surface area contributed by atoms with E-state index in [1.54, 1.807) is 6.07 Å². The van der Waals surface area contributed by atoms with Gasteiger partial charge in [-0.3, -0.25) is 9.59 Å². The first-order valence-corrected chi connectivity index (χ1v) is 9.91. The third kappa shape index (κ3) is 3.75. The van der Waals surface area contributed by atoms with Gasteiger partial charge in [-0.25, -0.2) is 0 Å². The maximum atomic E-state index is 13.1. The zero-order valence-electron chi connectivity index (χ0n) is 16.7. The number of carbonyl (C=O) groups excluding carboxylic acids is 2. The maximum Gasteiger partial charge on any atom is 0.254 e. The van der Waals surface area contributed by atoms with Crippen molar-refractivity contribution in [3.63, 3.8) is 0 Å². The minimum atomic E-state index is 0.0109. The van der Waals surface area contributed by atoms with Crippen molar-refractivity contribution in [2.75, 3.05) is 30.9 Å². The fraction of sp³-hybridized carbons (Fsp3) is 0.391. The van der Waals surface area contributed by atoms with Crippen molar-refractivity contribution in [2.24, 2.45) is 11.8 Å². The average Bonchev–Trinajstić information content (AvgIpc) is 3.43. The molecule has 28 heavy (non-hydrogen) atoms. The average molecular weight is 377 g/mol. The summed E-state index contributed by atoms with van der Waals surface area (Å²) in [5, 5.41) is 2.95. The molecule has 2 aromatic rings. The van der Waals surface area contributed by atoms with E-state index in [2.05, 4.69) is 35.3 Å². The van der Waals surface area contributed by atoms with Crippen LogP contribution in [0.1, 0.15) is 34.8 Å². The number of rotatable bonds is 4. The second-order valence-electron chi connectivity index (χ2n) is 8.21. The van der Waals surface area contributed by atoms with Crippen LogP contribution in [0.25, 0.3) is 0 Å². The van der Waals surface area contributed by atoms with E-state index in [4.69, 9.17) is 0 Å². The number of fused-ring (bicyclic) bond motifs is 1. The predicted octanol–water partition coefficient (Wildman–Crippen LogP) is 3.55. The van der Waals surface area contributed by atoms with Crippen LogP contribution in [0.15, 0.2) is 42.5 Å². The van der Waals surface area contributed by atoms with E-state index in [0.29, 0.717) is 30.3 Å². The summed E-state index contributed by atoms with van der Waals surface area (Å²) in [6.45, 7) is 3.41. The highest BCUT2D eigenvalue weighted by molar-refractivity contribution is 5.98. The molecule has 1 aliphatic heterocycles. The van der Waals surface area contributed by atoms with Crippen molar-refractivity contribution in [3.05, 3.63) is 59.2 Å². The van der Waals surface area contributed by atoms with Crippen molar-refractivity contribution in [3.8, 4) is 0 Å². The molecule has 2 amide bonds. The molecular formula is C23H27N3O2. The third-order valence-corrected chi connectivity index (χ3v) is 5.83. The van der Waals surface area contributed by atoms with Crippen molar-refractivity contribution in [2.45, 2.75) is 26.3 Å². The topological polar surface area (TPSA) is 52.7 Å². The van der Waals surface area contributed by atoms with Crippen LogP contribution in [-0.2, 0) is 17.8 Å². The van der Waals surface area contributed by atoms with Gasteiger partial charge in [-0.15, -0.1) is 0 Å². The van der Waals surface area contributed by atoms with Crippen LogP contribution in [-0.4, -0.2) is 37.4 Å². The van der Waals surface area contributed by atoms with Gasteiger partial charge in [0.1, 0.15) is 0 Å². The summed E-state index contributed by atoms with van der Waals surface area (Å²) in [7, 11) is 4.05. The Balaban J connectivity index is 1.48. The van der Waals surface area contributed by atoms with Gasteiger partial charge in [0.05, 0.1) is 0 Å². The lowest BCUT2D eigenvalue weighted by atomic mass is 9.98. The lowest BCUT2D eigenvalue weighted by Gasteiger charge is -2.30. The molecule has 0 aromatic heterocycles. The monoisotopic (exact) mass is 377 g/mol. The van der Waals surface area contributed by atoms with Gasteiger partial charge in [0.15, 0.2) is 0 Å². The Labute approximate surface area is 166 Å². The van der Waals surface area contributed by atoms with Gasteiger partial charge in [-0.05, 0) is 60.2 Å². The Morgan fingerprint density at radius 3 is 2.61 bits per heavy atom. The number of hydrogen-bond donors (Lipinski definition) is 1. The first-order valence-electron chi connectivity index (χ1n) is 9.91. The Morgan fingerprint density at radius 1 is 1.11 bits per heavy atom. The van der Waals surface area contributed by atoms with Crippen molar-refractivity contribution in [1.29, 1.82) is 0 Å². The van der Waals surface area contributed by atoms with E-state index in [0.717, 1.165) is 18.5 Å². The molecule has 0 saturated heterocycles. The predicted molar refractivity (Wildman–Crippen MR) is 112 cm³/mol. The lowest BCUT2D eigenvalue weighted by molar-refractivity contribution is -0.117. The van der Waals surface area contributed by atoms with Crippen LogP contribution in [0.5, 0.6) is 0 Å². The van der Waals surface area contributed by atoms with E-state index in [1.165, 1.54) is 11.1 Å². The normalized spacial score (nSPS) is 20.3. The van der Waals surface area contributed by atoms with E-state index in [1.807, 2.05) is 37.2 Å². The second kappa shape index (κ2) is 7.30. The molecule has 5 nitrogen and oxygen atoms in total. The molecule has 2 atom stereocenters. The lowest BCUT2D eigenvalue weighted by Crippen LogP contribution is -2.36. The van der Waals surface area contributed by atoms with Crippen LogP contribution in [0, 0.1) is 11.8 Å². The van der Waals surface area contributed by atoms with Gasteiger partial charge in [0.2, 0.25) is 5.91 Å². The molecule has 0 unspecified atom stereocenters. The molecule has 0 spiro atoms. The highest BCUT2D eigenvalue weighted by Gasteiger charge is 2.39. The van der Waals surface area contributed by atoms with Crippen LogP contribution in [0.4, 0.5) is 11.4 Å². The number of hydrogen-bond acceptors (Lipinski definition) is 3. The van der Waals surface area contributed by atoms with Gasteiger partial charge >= 0.3 is 0 Å². The highest BCUT2D eigenvalue weighted by Crippen LogP contribution is 2.38. The Hall–Kier alpha value is -2.82. The smallest absolute Gasteiger partial charge is 0.254 e. The van der Waals surface area contributed by atoms with Crippen molar-refractivity contribution < 1.29 is 9.59 Å². The van der Waals surface area contributed by atoms with E-state index < -0.39 is 0 Å². The Kier molecular flexibility index (Phi) is 4.84. The molecule has 0 radical (unpaired) electrons. The Bertz CT molecular complexity index is 922. The fourth-order valence-electron chi connectivity index (χ4n) is 3.83. The summed E-state index contributed by atoms with van der Waals surface area (Å²) in [6, 6.07) is 13.8. The quantitative estimate of drug-likeness (QED) is 0.887.